The van der Waals surface area contributed by atoms with Gasteiger partial charge in [-0.3, -0.25) is 9.52 Å². The first kappa shape index (κ1) is 17.0. The van der Waals surface area contributed by atoms with Crippen LogP contribution in [0.5, 0.6) is 0 Å². The number of aromatic nitrogens is 1. The summed E-state index contributed by atoms with van der Waals surface area (Å²) >= 11 is 12.9. The predicted octanol–water partition coefficient (Wildman–Crippen LogP) is 3.00. The van der Waals surface area contributed by atoms with Crippen molar-refractivity contribution >= 4 is 61.3 Å². The molecule has 0 saturated heterocycles. The molecule has 1 amide bonds. The van der Waals surface area contributed by atoms with Gasteiger partial charge in [-0.1, -0.05) is 23.2 Å². The fourth-order valence-corrected chi connectivity index (χ4v) is 3.45. The molecule has 0 fully saturated rings. The van der Waals surface area contributed by atoms with Crippen molar-refractivity contribution < 1.29 is 13.2 Å². The lowest BCUT2D eigenvalue weighted by Crippen LogP contribution is -2.15. The highest BCUT2D eigenvalue weighted by atomic mass is 35.5. The summed E-state index contributed by atoms with van der Waals surface area (Å²) in [6.07, 6.45) is 1.02. The molecule has 0 unspecified atom stereocenters. The number of benzene rings is 1. The van der Waals surface area contributed by atoms with E-state index in [9.17, 15) is 13.2 Å². The van der Waals surface area contributed by atoms with E-state index in [0.29, 0.717) is 21.4 Å². The summed E-state index contributed by atoms with van der Waals surface area (Å²) in [5, 5.41) is 5.27. The van der Waals surface area contributed by atoms with Crippen LogP contribution in [0, 0.1) is 0 Å². The van der Waals surface area contributed by atoms with Gasteiger partial charge < -0.3 is 5.32 Å². The van der Waals surface area contributed by atoms with E-state index in [1.54, 1.807) is 23.6 Å². The number of amides is 1. The molecule has 1 heterocycles. The number of carbonyl (C=O) groups excluding carboxylic acids is 1. The Labute approximate surface area is 141 Å². The van der Waals surface area contributed by atoms with Gasteiger partial charge in [-0.15, -0.1) is 11.3 Å². The molecule has 2 rings (SSSR count). The van der Waals surface area contributed by atoms with E-state index in [1.807, 2.05) is 0 Å². The number of carbonyl (C=O) groups is 1. The predicted molar refractivity (Wildman–Crippen MR) is 89.4 cm³/mol. The molecule has 6 nitrogen and oxygen atoms in total. The zero-order chi connectivity index (χ0) is 16.3. The Hall–Kier alpha value is -1.35. The van der Waals surface area contributed by atoms with Gasteiger partial charge in [-0.2, -0.15) is 0 Å². The average Bonchev–Trinajstić information content (AvgIpc) is 2.78. The van der Waals surface area contributed by atoms with Crippen molar-refractivity contribution in [3.05, 3.63) is 39.3 Å². The highest BCUT2D eigenvalue weighted by Gasteiger charge is 2.12. The molecule has 2 aromatic rings. The first-order valence-electron chi connectivity index (χ1n) is 5.90. The number of halogens is 2. The standard InChI is InChI=1S/C12H11Cl2N3O3S2/c1-22(19,20)17-12-15-8(6-21-12)5-11(18)16-10-4-7(13)2-3-9(10)14/h2-4,6H,5H2,1H3,(H,15,17)(H,16,18). The highest BCUT2D eigenvalue weighted by molar-refractivity contribution is 7.92. The van der Waals surface area contributed by atoms with Gasteiger partial charge in [-0.25, -0.2) is 13.4 Å². The smallest absolute Gasteiger partial charge is 0.231 e. The molecule has 0 bridgehead atoms. The minimum Gasteiger partial charge on any atom is -0.324 e. The van der Waals surface area contributed by atoms with Gasteiger partial charge in [0.15, 0.2) is 5.13 Å². The molecular weight excluding hydrogens is 369 g/mol. The summed E-state index contributed by atoms with van der Waals surface area (Å²) in [7, 11) is -3.39. The Morgan fingerprint density at radius 3 is 2.77 bits per heavy atom. The van der Waals surface area contributed by atoms with Gasteiger partial charge in [0, 0.05) is 10.4 Å². The van der Waals surface area contributed by atoms with E-state index in [2.05, 4.69) is 15.0 Å². The second-order valence-corrected chi connectivity index (χ2v) is 7.82. The van der Waals surface area contributed by atoms with Crippen molar-refractivity contribution in [3.8, 4) is 0 Å². The van der Waals surface area contributed by atoms with Gasteiger partial charge in [0.1, 0.15) is 0 Å². The monoisotopic (exact) mass is 379 g/mol. The summed E-state index contributed by atoms with van der Waals surface area (Å²) in [6.45, 7) is 0. The summed E-state index contributed by atoms with van der Waals surface area (Å²) in [6, 6.07) is 4.74. The van der Waals surface area contributed by atoms with Crippen molar-refractivity contribution in [2.75, 3.05) is 16.3 Å². The number of hydrogen-bond donors (Lipinski definition) is 2. The zero-order valence-corrected chi connectivity index (χ0v) is 14.4. The fourth-order valence-electron chi connectivity index (χ4n) is 1.55. The van der Waals surface area contributed by atoms with Crippen LogP contribution < -0.4 is 10.0 Å². The minimum absolute atomic E-state index is 0.00914. The number of nitrogens with one attached hydrogen (secondary N) is 2. The Morgan fingerprint density at radius 1 is 1.36 bits per heavy atom. The number of sulfonamides is 1. The molecule has 22 heavy (non-hydrogen) atoms. The molecule has 10 heteroatoms. The normalized spacial score (nSPS) is 11.2. The largest absolute Gasteiger partial charge is 0.324 e. The molecule has 118 valence electrons. The van der Waals surface area contributed by atoms with E-state index in [1.165, 1.54) is 0 Å². The van der Waals surface area contributed by atoms with E-state index in [4.69, 9.17) is 23.2 Å². The molecule has 0 saturated carbocycles. The van der Waals surface area contributed by atoms with Crippen LogP contribution in [0.3, 0.4) is 0 Å². The number of rotatable bonds is 5. The molecule has 0 aliphatic heterocycles. The van der Waals surface area contributed by atoms with Crippen LogP contribution >= 0.6 is 34.5 Å². The third-order valence-electron chi connectivity index (χ3n) is 2.37. The van der Waals surface area contributed by atoms with E-state index in [0.717, 1.165) is 17.6 Å². The Kier molecular flexibility index (Phi) is 5.28. The molecule has 0 atom stereocenters. The van der Waals surface area contributed by atoms with Crippen LogP contribution in [-0.2, 0) is 21.2 Å². The SMILES string of the molecule is CS(=O)(=O)Nc1nc(CC(=O)Nc2cc(Cl)ccc2Cl)cs1. The molecule has 0 radical (unpaired) electrons. The van der Waals surface area contributed by atoms with Gasteiger partial charge in [0.25, 0.3) is 0 Å². The summed E-state index contributed by atoms with van der Waals surface area (Å²) < 4.78 is 24.4. The topological polar surface area (TPSA) is 88.2 Å². The maximum atomic E-state index is 12.0. The third kappa shape index (κ3) is 5.13. The van der Waals surface area contributed by atoms with Gasteiger partial charge in [0.2, 0.25) is 15.9 Å². The Balaban J connectivity index is 2.02. The molecule has 1 aromatic carbocycles. The van der Waals surface area contributed by atoms with Crippen molar-refractivity contribution in [1.82, 2.24) is 4.98 Å². The average molecular weight is 380 g/mol. The number of anilines is 2. The lowest BCUT2D eigenvalue weighted by Gasteiger charge is -2.06. The van der Waals surface area contributed by atoms with Gasteiger partial charge in [-0.05, 0) is 18.2 Å². The van der Waals surface area contributed by atoms with Crippen molar-refractivity contribution in [2.24, 2.45) is 0 Å². The molecule has 2 N–H and O–H groups in total. The van der Waals surface area contributed by atoms with Crippen molar-refractivity contribution in [3.63, 3.8) is 0 Å². The van der Waals surface area contributed by atoms with Crippen LogP contribution in [0.2, 0.25) is 10.0 Å². The Morgan fingerprint density at radius 2 is 2.09 bits per heavy atom. The van der Waals surface area contributed by atoms with Crippen molar-refractivity contribution in [2.45, 2.75) is 6.42 Å². The van der Waals surface area contributed by atoms with E-state index >= 15 is 0 Å². The summed E-state index contributed by atoms with van der Waals surface area (Å²) in [5.74, 6) is -0.333. The maximum absolute atomic E-state index is 12.0. The second kappa shape index (κ2) is 6.82. The summed E-state index contributed by atoms with van der Waals surface area (Å²) in [4.78, 5) is 16.0. The van der Waals surface area contributed by atoms with Crippen LogP contribution in [0.15, 0.2) is 23.6 Å². The first-order valence-corrected chi connectivity index (χ1v) is 9.43. The lowest BCUT2D eigenvalue weighted by molar-refractivity contribution is -0.115. The molecule has 0 aliphatic rings. The number of nitrogens with zero attached hydrogens (tertiary/aromatic N) is 1. The van der Waals surface area contributed by atoms with Crippen LogP contribution in [-0.4, -0.2) is 25.6 Å². The first-order chi connectivity index (χ1) is 10.2. The van der Waals surface area contributed by atoms with E-state index < -0.39 is 10.0 Å². The second-order valence-electron chi connectivity index (χ2n) is 4.37. The number of thiazole rings is 1. The summed E-state index contributed by atoms with van der Waals surface area (Å²) in [5.41, 5.74) is 0.857. The lowest BCUT2D eigenvalue weighted by atomic mass is 10.3. The molecule has 0 aliphatic carbocycles. The van der Waals surface area contributed by atoms with Crippen molar-refractivity contribution in [1.29, 1.82) is 0 Å². The third-order valence-corrected chi connectivity index (χ3v) is 4.43. The Bertz CT molecular complexity index is 806. The van der Waals surface area contributed by atoms with Crippen LogP contribution in [0.1, 0.15) is 5.69 Å². The van der Waals surface area contributed by atoms with Gasteiger partial charge in [0.05, 0.1) is 29.1 Å². The molecule has 0 spiro atoms. The minimum atomic E-state index is -3.39. The fraction of sp³-hybridized carbons (Fsp3) is 0.167. The van der Waals surface area contributed by atoms with Crippen LogP contribution in [0.25, 0.3) is 0 Å². The number of hydrogen-bond acceptors (Lipinski definition) is 5. The molecular formula is C12H11Cl2N3O3S2. The quantitative estimate of drug-likeness (QED) is 0.835. The van der Waals surface area contributed by atoms with Crippen LogP contribution in [0.4, 0.5) is 10.8 Å². The van der Waals surface area contributed by atoms with E-state index in [-0.39, 0.29) is 17.5 Å². The highest BCUT2D eigenvalue weighted by Crippen LogP contribution is 2.25. The van der Waals surface area contributed by atoms with Gasteiger partial charge >= 0.3 is 0 Å². The maximum Gasteiger partial charge on any atom is 0.231 e. The molecule has 1 aromatic heterocycles. The zero-order valence-electron chi connectivity index (χ0n) is 11.3.